The number of alkyl halides is 3. The number of carbonyl (C=O) groups excluding carboxylic acids is 1. The molecule has 0 radical (unpaired) electrons. The average molecular weight is 456 g/mol. The fourth-order valence-corrected chi connectivity index (χ4v) is 4.38. The van der Waals surface area contributed by atoms with E-state index in [1.807, 2.05) is 0 Å². The van der Waals surface area contributed by atoms with Gasteiger partial charge in [-0.15, -0.1) is 11.3 Å². The number of nitrogens with zero attached hydrogens (tertiary/aromatic N) is 2. The second kappa shape index (κ2) is 7.29. The molecule has 0 aliphatic heterocycles. The molecule has 1 amide bonds. The molecule has 0 aliphatic rings. The van der Waals surface area contributed by atoms with Crippen LogP contribution in [0.15, 0.2) is 41.9 Å². The van der Waals surface area contributed by atoms with Crippen LogP contribution < -0.4 is 5.32 Å². The van der Waals surface area contributed by atoms with Crippen molar-refractivity contribution in [1.82, 2.24) is 9.97 Å². The zero-order chi connectivity index (χ0) is 20.8. The minimum atomic E-state index is -4.47. The third kappa shape index (κ3) is 3.91. The fourth-order valence-electron chi connectivity index (χ4n) is 2.61. The number of benzene rings is 2. The number of thiazole rings is 2. The van der Waals surface area contributed by atoms with E-state index in [4.69, 9.17) is 11.6 Å². The molecule has 2 aromatic carbocycles. The van der Waals surface area contributed by atoms with Gasteiger partial charge in [-0.2, -0.15) is 13.2 Å². The fraction of sp³-hybridized carbons (Fsp3) is 0.0556. The third-order valence-electron chi connectivity index (χ3n) is 3.92. The molecule has 148 valence electrons. The number of hydrogen-bond donors (Lipinski definition) is 2. The maximum absolute atomic E-state index is 12.9. The number of aromatic nitrogens is 2. The molecule has 4 aromatic rings. The van der Waals surface area contributed by atoms with Crippen LogP contribution >= 0.6 is 34.3 Å². The third-order valence-corrected chi connectivity index (χ3v) is 5.88. The Morgan fingerprint density at radius 1 is 1.21 bits per heavy atom. The molecule has 0 unspecified atom stereocenters. The molecule has 5 nitrogen and oxygen atoms in total. The smallest absolute Gasteiger partial charge is 0.416 e. The molecule has 2 N–H and O–H groups in total. The van der Waals surface area contributed by atoms with Gasteiger partial charge in [-0.05, 0) is 30.3 Å². The van der Waals surface area contributed by atoms with Crippen molar-refractivity contribution in [3.8, 4) is 16.3 Å². The number of hydrogen-bond acceptors (Lipinski definition) is 6. The highest BCUT2D eigenvalue weighted by molar-refractivity contribution is 7.22. The van der Waals surface area contributed by atoms with E-state index in [1.54, 1.807) is 11.6 Å². The van der Waals surface area contributed by atoms with Crippen molar-refractivity contribution in [3.63, 3.8) is 0 Å². The summed E-state index contributed by atoms with van der Waals surface area (Å²) < 4.78 is 38.9. The van der Waals surface area contributed by atoms with Crippen molar-refractivity contribution in [2.75, 3.05) is 5.32 Å². The summed E-state index contributed by atoms with van der Waals surface area (Å²) in [6, 6.07) is 5.92. The summed E-state index contributed by atoms with van der Waals surface area (Å²) in [6.07, 6.45) is -2.92. The van der Waals surface area contributed by atoms with Gasteiger partial charge >= 0.3 is 6.18 Å². The molecule has 29 heavy (non-hydrogen) atoms. The van der Waals surface area contributed by atoms with E-state index in [2.05, 4.69) is 15.3 Å². The topological polar surface area (TPSA) is 75.1 Å². The van der Waals surface area contributed by atoms with E-state index in [0.29, 0.717) is 16.1 Å². The molecule has 0 saturated heterocycles. The van der Waals surface area contributed by atoms with Crippen LogP contribution in [0, 0.1) is 0 Å². The second-order valence-corrected chi connectivity index (χ2v) is 8.20. The molecule has 0 atom stereocenters. The first-order valence-corrected chi connectivity index (χ1v) is 10.0. The molecule has 4 rings (SSSR count). The summed E-state index contributed by atoms with van der Waals surface area (Å²) in [5.41, 5.74) is -0.279. The van der Waals surface area contributed by atoms with Gasteiger partial charge in [0.1, 0.15) is 10.8 Å². The number of nitrogens with one attached hydrogen (secondary N) is 1. The van der Waals surface area contributed by atoms with Crippen molar-refractivity contribution < 1.29 is 23.1 Å². The molecule has 11 heteroatoms. The van der Waals surface area contributed by atoms with Crippen LogP contribution in [0.25, 0.3) is 20.8 Å². The number of phenolic OH excluding ortho intramolecular Hbond substituents is 1. The first kappa shape index (κ1) is 19.6. The van der Waals surface area contributed by atoms with Crippen LogP contribution in [0.2, 0.25) is 5.02 Å². The van der Waals surface area contributed by atoms with Crippen molar-refractivity contribution in [1.29, 1.82) is 0 Å². The van der Waals surface area contributed by atoms with Crippen molar-refractivity contribution in [2.45, 2.75) is 6.18 Å². The number of halogens is 4. The number of anilines is 1. The average Bonchev–Trinajstić information content (AvgIpc) is 3.30. The zero-order valence-corrected chi connectivity index (χ0v) is 16.5. The Hall–Kier alpha value is -2.69. The lowest BCUT2D eigenvalue weighted by atomic mass is 10.1. The van der Waals surface area contributed by atoms with Gasteiger partial charge in [0.2, 0.25) is 0 Å². The second-order valence-electron chi connectivity index (χ2n) is 5.84. The molecule has 2 aromatic heterocycles. The number of rotatable bonds is 3. The van der Waals surface area contributed by atoms with E-state index >= 15 is 0 Å². The van der Waals surface area contributed by atoms with Gasteiger partial charge in [0.25, 0.3) is 5.91 Å². The highest BCUT2D eigenvalue weighted by atomic mass is 35.5. The predicted octanol–water partition coefficient (Wildman–Crippen LogP) is 6.05. The Labute approximate surface area is 174 Å². The van der Waals surface area contributed by atoms with Gasteiger partial charge in [-0.25, -0.2) is 9.97 Å². The standard InChI is InChI=1S/C18H9ClF3N3O2S2/c19-9-6-10(14(26)11(7-9)16-23-3-4-28-16)15(27)25-17-24-12-2-1-8(18(20,21)22)5-13(12)29-17/h1-7,26H,(H,24,25,27). The normalized spacial score (nSPS) is 11.7. The van der Waals surface area contributed by atoms with E-state index in [0.717, 1.165) is 23.5 Å². The zero-order valence-electron chi connectivity index (χ0n) is 14.1. The van der Waals surface area contributed by atoms with Gasteiger partial charge in [0.05, 0.1) is 26.9 Å². The minimum Gasteiger partial charge on any atom is -0.506 e. The summed E-state index contributed by atoms with van der Waals surface area (Å²) in [5, 5.41) is 15.5. The molecule has 0 saturated carbocycles. The summed E-state index contributed by atoms with van der Waals surface area (Å²) >= 11 is 8.24. The Balaban J connectivity index is 1.66. The van der Waals surface area contributed by atoms with E-state index in [-0.39, 0.29) is 26.2 Å². The van der Waals surface area contributed by atoms with Gasteiger partial charge in [-0.3, -0.25) is 10.1 Å². The summed E-state index contributed by atoms with van der Waals surface area (Å²) in [6.45, 7) is 0. The molecule has 0 bridgehead atoms. The Bertz CT molecular complexity index is 1220. The summed E-state index contributed by atoms with van der Waals surface area (Å²) in [5.74, 6) is -1.000. The Kier molecular flexibility index (Phi) is 4.93. The molecule has 0 aliphatic carbocycles. The number of amides is 1. The molecule has 0 fully saturated rings. The van der Waals surface area contributed by atoms with Crippen molar-refractivity contribution in [2.24, 2.45) is 0 Å². The van der Waals surface area contributed by atoms with Gasteiger partial charge in [0.15, 0.2) is 5.13 Å². The first-order chi connectivity index (χ1) is 13.7. The summed E-state index contributed by atoms with van der Waals surface area (Å²) in [4.78, 5) is 20.9. The Morgan fingerprint density at radius 2 is 2.00 bits per heavy atom. The van der Waals surface area contributed by atoms with Crippen LogP contribution in [0.4, 0.5) is 18.3 Å². The van der Waals surface area contributed by atoms with Gasteiger partial charge < -0.3 is 5.11 Å². The van der Waals surface area contributed by atoms with Crippen LogP contribution in [0.5, 0.6) is 5.75 Å². The predicted molar refractivity (Wildman–Crippen MR) is 107 cm³/mol. The lowest BCUT2D eigenvalue weighted by Crippen LogP contribution is -2.12. The van der Waals surface area contributed by atoms with Crippen LogP contribution in [-0.4, -0.2) is 21.0 Å². The lowest BCUT2D eigenvalue weighted by molar-refractivity contribution is -0.137. The van der Waals surface area contributed by atoms with Crippen LogP contribution in [0.1, 0.15) is 15.9 Å². The molecular weight excluding hydrogens is 447 g/mol. The first-order valence-electron chi connectivity index (χ1n) is 7.94. The van der Waals surface area contributed by atoms with E-state index in [1.165, 1.54) is 29.5 Å². The molecule has 0 spiro atoms. The van der Waals surface area contributed by atoms with Gasteiger partial charge in [-0.1, -0.05) is 22.9 Å². The highest BCUT2D eigenvalue weighted by Crippen LogP contribution is 2.37. The largest absolute Gasteiger partial charge is 0.506 e. The number of carbonyl (C=O) groups is 1. The highest BCUT2D eigenvalue weighted by Gasteiger charge is 2.31. The maximum Gasteiger partial charge on any atom is 0.416 e. The van der Waals surface area contributed by atoms with Gasteiger partial charge in [0, 0.05) is 16.6 Å². The maximum atomic E-state index is 12.9. The van der Waals surface area contributed by atoms with Crippen LogP contribution in [0.3, 0.4) is 0 Å². The summed E-state index contributed by atoms with van der Waals surface area (Å²) in [7, 11) is 0. The van der Waals surface area contributed by atoms with Crippen LogP contribution in [-0.2, 0) is 6.18 Å². The molecular formula is C18H9ClF3N3O2S2. The molecule has 2 heterocycles. The number of aromatic hydroxyl groups is 1. The lowest BCUT2D eigenvalue weighted by Gasteiger charge is -2.09. The minimum absolute atomic E-state index is 0.0968. The van der Waals surface area contributed by atoms with Crippen molar-refractivity contribution >= 4 is 55.5 Å². The Morgan fingerprint density at radius 3 is 2.69 bits per heavy atom. The van der Waals surface area contributed by atoms with E-state index in [9.17, 15) is 23.1 Å². The quantitative estimate of drug-likeness (QED) is 0.394. The van der Waals surface area contributed by atoms with E-state index < -0.39 is 17.6 Å². The SMILES string of the molecule is O=C(Nc1nc2ccc(C(F)(F)F)cc2s1)c1cc(Cl)cc(-c2nccs2)c1O. The number of fused-ring (bicyclic) bond motifs is 1. The number of phenols is 1. The monoisotopic (exact) mass is 455 g/mol. The van der Waals surface area contributed by atoms with Crippen molar-refractivity contribution in [3.05, 3.63) is 58.1 Å².